The van der Waals surface area contributed by atoms with E-state index in [2.05, 4.69) is 6.92 Å². The topological polar surface area (TPSA) is 37.3 Å². The van der Waals surface area contributed by atoms with E-state index in [4.69, 9.17) is 4.89 Å². The summed E-state index contributed by atoms with van der Waals surface area (Å²) >= 11 is 0. The quantitative estimate of drug-likeness (QED) is 0.192. The van der Waals surface area contributed by atoms with Gasteiger partial charge in [-0.05, 0) is 6.42 Å². The molecule has 0 saturated heterocycles. The van der Waals surface area contributed by atoms with Crippen LogP contribution in [0, 0.1) is 40.8 Å². The molecule has 0 aromatic carbocycles. The molecule has 1 atom stereocenters. The van der Waals surface area contributed by atoms with Crippen LogP contribution in [0.3, 0.4) is 0 Å². The predicted octanol–water partition coefficient (Wildman–Crippen LogP) is 6.71. The van der Waals surface area contributed by atoms with Crippen LogP contribution in [0.25, 0.3) is 0 Å². The minimum atomic E-state index is -2.20. The minimum absolute atomic E-state index is 0. The van der Waals surface area contributed by atoms with E-state index in [0.29, 0.717) is 6.16 Å². The fraction of sp³-hybridized carbons (Fsp3) is 1.00. The van der Waals surface area contributed by atoms with Crippen molar-refractivity contribution in [3.63, 3.8) is 0 Å². The van der Waals surface area contributed by atoms with E-state index in [1.807, 2.05) is 0 Å². The zero-order valence-electron chi connectivity index (χ0n) is 14.9. The van der Waals surface area contributed by atoms with Crippen molar-refractivity contribution in [1.29, 1.82) is 0 Å². The van der Waals surface area contributed by atoms with Crippen LogP contribution in [0.1, 0.15) is 110 Å². The van der Waals surface area contributed by atoms with Gasteiger partial charge in [0.25, 0.3) is 0 Å². The molecule has 22 heavy (non-hydrogen) atoms. The summed E-state index contributed by atoms with van der Waals surface area (Å²) in [7, 11) is -2.20. The largest absolute Gasteiger partial charge is 0.346 e. The third-order valence-electron chi connectivity index (χ3n) is 4.24. The van der Waals surface area contributed by atoms with Crippen molar-refractivity contribution in [2.75, 3.05) is 6.16 Å². The molecular weight excluding hydrogens is 423 g/mol. The zero-order chi connectivity index (χ0) is 15.6. The van der Waals surface area contributed by atoms with Crippen molar-refractivity contribution in [2.24, 2.45) is 0 Å². The number of rotatable bonds is 17. The van der Waals surface area contributed by atoms with Crippen molar-refractivity contribution < 1.29 is 50.3 Å². The molecule has 0 aromatic rings. The van der Waals surface area contributed by atoms with Crippen molar-refractivity contribution in [1.82, 2.24) is 0 Å². The summed E-state index contributed by atoms with van der Waals surface area (Å²) in [6, 6.07) is 0. The van der Waals surface area contributed by atoms with E-state index in [9.17, 15) is 4.57 Å². The van der Waals surface area contributed by atoms with Gasteiger partial charge in [0, 0.05) is 47.0 Å². The molecule has 132 valence electrons. The molecule has 0 amide bonds. The fourth-order valence-corrected chi connectivity index (χ4v) is 3.38. The second kappa shape index (κ2) is 22.5. The first-order valence-corrected chi connectivity index (χ1v) is 11.1. The molecule has 1 unspecified atom stereocenters. The van der Waals surface area contributed by atoms with Gasteiger partial charge in [-0.15, -0.1) is 0 Å². The predicted molar refractivity (Wildman–Crippen MR) is 95.6 cm³/mol. The van der Waals surface area contributed by atoms with E-state index in [1.165, 1.54) is 89.9 Å². The zero-order valence-corrected chi connectivity index (χ0v) is 19.1. The normalized spacial score (nSPS) is 12.1. The first-order valence-electron chi connectivity index (χ1n) is 9.49. The smallest absolute Gasteiger partial charge is 0.189 e. The maximum Gasteiger partial charge on any atom is 0.189 e. The molecular formula is C18H39NdO2P. The molecule has 0 spiro atoms. The Hall–Kier alpha value is 1.54. The Morgan fingerprint density at radius 2 is 0.864 bits per heavy atom. The van der Waals surface area contributed by atoms with Crippen molar-refractivity contribution >= 4 is 8.03 Å². The van der Waals surface area contributed by atoms with Gasteiger partial charge in [0.15, 0.2) is 8.03 Å². The average Bonchev–Trinajstić information content (AvgIpc) is 2.46. The summed E-state index contributed by atoms with van der Waals surface area (Å²) in [6.45, 7) is 2.28. The Balaban J connectivity index is 0. The molecule has 0 aliphatic heterocycles. The van der Waals surface area contributed by atoms with Crippen molar-refractivity contribution in [2.45, 2.75) is 110 Å². The Labute approximate surface area is 173 Å². The first-order chi connectivity index (χ1) is 10.3. The van der Waals surface area contributed by atoms with Gasteiger partial charge in [0.1, 0.15) is 0 Å². The summed E-state index contributed by atoms with van der Waals surface area (Å²) in [5.41, 5.74) is 0. The second-order valence-corrected chi connectivity index (χ2v) is 7.73. The van der Waals surface area contributed by atoms with Gasteiger partial charge >= 0.3 is 0 Å². The van der Waals surface area contributed by atoms with Gasteiger partial charge in [-0.3, -0.25) is 4.57 Å². The standard InChI is InChI=1S/C18H39O2P.Nd/c1-2-3-4-5-6-7-8-9-10-11-12-13-14-15-16-17-18-21(19)20;/h21H,2-18H2,1H3,(H,19,20);. The summed E-state index contributed by atoms with van der Waals surface area (Å²) in [5, 5.41) is 0. The van der Waals surface area contributed by atoms with Crippen molar-refractivity contribution in [3.8, 4) is 0 Å². The van der Waals surface area contributed by atoms with Crippen LogP contribution in [0.5, 0.6) is 0 Å². The third-order valence-corrected chi connectivity index (χ3v) is 5.03. The molecule has 0 radical (unpaired) electrons. The number of hydrogen-bond donors (Lipinski definition) is 1. The van der Waals surface area contributed by atoms with E-state index in [0.717, 1.165) is 12.8 Å². The summed E-state index contributed by atoms with van der Waals surface area (Å²) < 4.78 is 10.5. The molecule has 0 aliphatic carbocycles. The Morgan fingerprint density at radius 1 is 0.591 bits per heavy atom. The Bertz CT molecular complexity index is 225. The van der Waals surface area contributed by atoms with Crippen LogP contribution in [0.2, 0.25) is 0 Å². The van der Waals surface area contributed by atoms with Crippen LogP contribution in [-0.4, -0.2) is 11.1 Å². The molecule has 0 aromatic heterocycles. The average molecular weight is 463 g/mol. The van der Waals surface area contributed by atoms with E-state index >= 15 is 0 Å². The summed E-state index contributed by atoms with van der Waals surface area (Å²) in [6.07, 6.45) is 22.1. The van der Waals surface area contributed by atoms with E-state index in [-0.39, 0.29) is 40.8 Å². The molecule has 1 N–H and O–H groups in total. The molecule has 0 heterocycles. The molecule has 0 aliphatic rings. The maximum atomic E-state index is 10.5. The van der Waals surface area contributed by atoms with E-state index < -0.39 is 8.03 Å². The maximum absolute atomic E-state index is 10.5. The molecule has 0 bridgehead atoms. The van der Waals surface area contributed by atoms with Crippen molar-refractivity contribution in [3.05, 3.63) is 0 Å². The van der Waals surface area contributed by atoms with Crippen LogP contribution in [0.15, 0.2) is 0 Å². The van der Waals surface area contributed by atoms with E-state index in [1.54, 1.807) is 0 Å². The summed E-state index contributed by atoms with van der Waals surface area (Å²) in [5.74, 6) is 0. The molecule has 0 fully saturated rings. The minimum Gasteiger partial charge on any atom is -0.346 e. The Kier molecular flexibility index (Phi) is 26.4. The van der Waals surface area contributed by atoms with Gasteiger partial charge in [0.2, 0.25) is 0 Å². The van der Waals surface area contributed by atoms with Crippen LogP contribution >= 0.6 is 8.03 Å². The molecule has 0 rings (SSSR count). The van der Waals surface area contributed by atoms with Gasteiger partial charge in [-0.1, -0.05) is 103 Å². The Morgan fingerprint density at radius 3 is 1.14 bits per heavy atom. The molecule has 4 heteroatoms. The van der Waals surface area contributed by atoms with Crippen LogP contribution in [0.4, 0.5) is 0 Å². The second-order valence-electron chi connectivity index (χ2n) is 6.45. The van der Waals surface area contributed by atoms with Gasteiger partial charge in [-0.2, -0.15) is 0 Å². The monoisotopic (exact) mass is 460 g/mol. The fourth-order valence-electron chi connectivity index (χ4n) is 2.82. The molecule has 2 nitrogen and oxygen atoms in total. The van der Waals surface area contributed by atoms with Crippen LogP contribution < -0.4 is 0 Å². The number of unbranched alkanes of at least 4 members (excludes halogenated alkanes) is 15. The summed E-state index contributed by atoms with van der Waals surface area (Å²) in [4.78, 5) is 8.71. The van der Waals surface area contributed by atoms with Gasteiger partial charge in [0.05, 0.1) is 0 Å². The van der Waals surface area contributed by atoms with Gasteiger partial charge in [-0.25, -0.2) is 0 Å². The molecule has 0 saturated carbocycles. The van der Waals surface area contributed by atoms with Gasteiger partial charge < -0.3 is 4.89 Å². The number of hydrogen-bond acceptors (Lipinski definition) is 1. The van der Waals surface area contributed by atoms with Crippen LogP contribution in [-0.2, 0) is 4.57 Å². The SMILES string of the molecule is CCCCCCCCCCCCCCCCCC[PH](=O)O.[Nd]. The third kappa shape index (κ3) is 23.8. The first kappa shape index (κ1) is 25.8.